The smallest absolute Gasteiger partial charge is 0.254 e. The minimum absolute atomic E-state index is 0.0798. The standard InChI is InChI=1S/C23H29N7O3/c1-14(13-32-2)29-22(31)15-11-27-23(28-12-15)30-17-3-5-18(6-4-17)33-20-10-16(24)9-19-21(20)26-8-7-25-19/h7-12,14,17-18H,3-6,13,24H2,1-2H3,(H,29,31)(H,27,28,30). The van der Waals surface area contributed by atoms with Crippen LogP contribution >= 0.6 is 0 Å². The van der Waals surface area contributed by atoms with E-state index in [0.29, 0.717) is 29.6 Å². The highest BCUT2D eigenvalue weighted by Gasteiger charge is 2.24. The fourth-order valence-corrected chi connectivity index (χ4v) is 3.96. The zero-order valence-electron chi connectivity index (χ0n) is 18.8. The highest BCUT2D eigenvalue weighted by atomic mass is 16.5. The average molecular weight is 452 g/mol. The Morgan fingerprint density at radius 1 is 1.12 bits per heavy atom. The largest absolute Gasteiger partial charge is 0.488 e. The van der Waals surface area contributed by atoms with Crippen LogP contribution in [-0.2, 0) is 4.74 Å². The molecule has 0 radical (unpaired) electrons. The molecule has 1 atom stereocenters. The van der Waals surface area contributed by atoms with Crippen LogP contribution in [0.4, 0.5) is 11.6 Å². The number of nitrogens with zero attached hydrogens (tertiary/aromatic N) is 4. The van der Waals surface area contributed by atoms with Crippen molar-refractivity contribution in [1.29, 1.82) is 0 Å². The van der Waals surface area contributed by atoms with Crippen LogP contribution in [-0.4, -0.2) is 57.7 Å². The summed E-state index contributed by atoms with van der Waals surface area (Å²) >= 11 is 0. The summed E-state index contributed by atoms with van der Waals surface area (Å²) in [6.07, 6.45) is 10.0. The van der Waals surface area contributed by atoms with Gasteiger partial charge in [0.1, 0.15) is 11.3 Å². The van der Waals surface area contributed by atoms with Crippen molar-refractivity contribution in [3.63, 3.8) is 0 Å². The fraction of sp³-hybridized carbons (Fsp3) is 0.435. The molecular weight excluding hydrogens is 422 g/mol. The van der Waals surface area contributed by atoms with Gasteiger partial charge < -0.3 is 25.8 Å². The highest BCUT2D eigenvalue weighted by molar-refractivity contribution is 5.93. The number of rotatable bonds is 8. The summed E-state index contributed by atoms with van der Waals surface area (Å²) < 4.78 is 11.3. The van der Waals surface area contributed by atoms with E-state index in [4.69, 9.17) is 15.2 Å². The second-order valence-corrected chi connectivity index (χ2v) is 8.30. The zero-order valence-corrected chi connectivity index (χ0v) is 18.8. The van der Waals surface area contributed by atoms with Crippen LogP contribution in [0.5, 0.6) is 5.75 Å². The Hall–Kier alpha value is -3.53. The van der Waals surface area contributed by atoms with Crippen LogP contribution in [0.2, 0.25) is 0 Å². The summed E-state index contributed by atoms with van der Waals surface area (Å²) in [6.45, 7) is 2.32. The van der Waals surface area contributed by atoms with Crippen molar-refractivity contribution in [2.75, 3.05) is 24.8 Å². The van der Waals surface area contributed by atoms with Crippen LogP contribution in [0.1, 0.15) is 43.0 Å². The first-order valence-electron chi connectivity index (χ1n) is 11.1. The molecule has 0 bridgehead atoms. The zero-order chi connectivity index (χ0) is 23.2. The van der Waals surface area contributed by atoms with E-state index in [9.17, 15) is 4.79 Å². The van der Waals surface area contributed by atoms with Gasteiger partial charge >= 0.3 is 0 Å². The molecule has 1 aliphatic carbocycles. The summed E-state index contributed by atoms with van der Waals surface area (Å²) in [5.74, 6) is 0.965. The first-order valence-corrected chi connectivity index (χ1v) is 11.1. The maximum atomic E-state index is 12.2. The maximum absolute atomic E-state index is 12.2. The number of carbonyl (C=O) groups excluding carboxylic acids is 1. The van der Waals surface area contributed by atoms with Gasteiger partial charge in [0.2, 0.25) is 5.95 Å². The van der Waals surface area contributed by atoms with Crippen molar-refractivity contribution in [2.45, 2.75) is 50.8 Å². The summed E-state index contributed by atoms with van der Waals surface area (Å²) in [5, 5.41) is 6.20. The van der Waals surface area contributed by atoms with E-state index in [2.05, 4.69) is 30.6 Å². The van der Waals surface area contributed by atoms with Gasteiger partial charge in [-0.25, -0.2) is 15.0 Å². The number of nitrogen functional groups attached to an aromatic ring is 1. The minimum Gasteiger partial charge on any atom is -0.488 e. The van der Waals surface area contributed by atoms with Gasteiger partial charge in [0.25, 0.3) is 5.91 Å². The predicted molar refractivity (Wildman–Crippen MR) is 125 cm³/mol. The number of anilines is 2. The van der Waals surface area contributed by atoms with Gasteiger partial charge in [-0.05, 0) is 38.7 Å². The van der Waals surface area contributed by atoms with Gasteiger partial charge in [-0.1, -0.05) is 0 Å². The number of fused-ring (bicyclic) bond motifs is 1. The van der Waals surface area contributed by atoms with Crippen LogP contribution in [0.15, 0.2) is 36.9 Å². The molecule has 3 aromatic rings. The number of benzene rings is 1. The van der Waals surface area contributed by atoms with E-state index >= 15 is 0 Å². The van der Waals surface area contributed by atoms with Crippen molar-refractivity contribution in [2.24, 2.45) is 0 Å². The molecule has 0 spiro atoms. The number of ether oxygens (including phenoxy) is 2. The molecule has 1 aliphatic rings. The average Bonchev–Trinajstić information content (AvgIpc) is 2.81. The molecule has 2 heterocycles. The first-order chi connectivity index (χ1) is 16.0. The number of hydrogen-bond acceptors (Lipinski definition) is 9. The molecular formula is C23H29N7O3. The lowest BCUT2D eigenvalue weighted by molar-refractivity contribution is 0.0905. The van der Waals surface area contributed by atoms with Crippen LogP contribution in [0, 0.1) is 0 Å². The summed E-state index contributed by atoms with van der Waals surface area (Å²) in [6, 6.07) is 3.76. The summed E-state index contributed by atoms with van der Waals surface area (Å²) in [4.78, 5) is 29.5. The molecule has 0 saturated heterocycles. The van der Waals surface area contributed by atoms with E-state index < -0.39 is 0 Å². The van der Waals surface area contributed by atoms with Gasteiger partial charge in [-0.2, -0.15) is 0 Å². The highest BCUT2D eigenvalue weighted by Crippen LogP contribution is 2.30. The fourth-order valence-electron chi connectivity index (χ4n) is 3.96. The molecule has 10 nitrogen and oxygen atoms in total. The number of hydrogen-bond donors (Lipinski definition) is 3. The Balaban J connectivity index is 1.29. The van der Waals surface area contributed by atoms with E-state index in [1.54, 1.807) is 25.6 Å². The normalized spacial score (nSPS) is 19.1. The van der Waals surface area contributed by atoms with E-state index in [1.807, 2.05) is 13.0 Å². The van der Waals surface area contributed by atoms with Gasteiger partial charge in [0, 0.05) is 55.7 Å². The lowest BCUT2D eigenvalue weighted by Crippen LogP contribution is -2.35. The molecule has 174 valence electrons. The number of aromatic nitrogens is 4. The van der Waals surface area contributed by atoms with Crippen LogP contribution < -0.4 is 21.1 Å². The Labute approximate surface area is 192 Å². The number of nitrogens with two attached hydrogens (primary N) is 1. The Bertz CT molecular complexity index is 1090. The van der Waals surface area contributed by atoms with Crippen LogP contribution in [0.3, 0.4) is 0 Å². The Morgan fingerprint density at radius 2 is 1.85 bits per heavy atom. The minimum atomic E-state index is -0.220. The number of carbonyl (C=O) groups is 1. The Kier molecular flexibility index (Phi) is 7.13. The SMILES string of the molecule is COCC(C)NC(=O)c1cnc(NC2CCC(Oc3cc(N)cc4nccnc34)CC2)nc1. The summed E-state index contributed by atoms with van der Waals surface area (Å²) in [7, 11) is 1.60. The van der Waals surface area contributed by atoms with Gasteiger partial charge in [0.05, 0.1) is 23.8 Å². The second kappa shape index (κ2) is 10.4. The first kappa shape index (κ1) is 22.7. The third kappa shape index (κ3) is 5.83. The van der Waals surface area contributed by atoms with Crippen molar-refractivity contribution < 1.29 is 14.3 Å². The van der Waals surface area contributed by atoms with Gasteiger partial charge in [-0.15, -0.1) is 0 Å². The lowest BCUT2D eigenvalue weighted by atomic mass is 9.93. The molecule has 1 saturated carbocycles. The molecule has 4 N–H and O–H groups in total. The van der Waals surface area contributed by atoms with Gasteiger partial charge in [-0.3, -0.25) is 9.78 Å². The van der Waals surface area contributed by atoms with Crippen molar-refractivity contribution in [3.05, 3.63) is 42.5 Å². The molecule has 1 amide bonds. The van der Waals surface area contributed by atoms with E-state index in [1.165, 1.54) is 12.4 Å². The third-order valence-corrected chi connectivity index (χ3v) is 5.57. The monoisotopic (exact) mass is 451 g/mol. The van der Waals surface area contributed by atoms with Crippen LogP contribution in [0.25, 0.3) is 11.0 Å². The van der Waals surface area contributed by atoms with Crippen molar-refractivity contribution in [1.82, 2.24) is 25.3 Å². The van der Waals surface area contributed by atoms with E-state index in [-0.39, 0.29) is 24.1 Å². The van der Waals surface area contributed by atoms with E-state index in [0.717, 1.165) is 36.7 Å². The predicted octanol–water partition coefficient (Wildman–Crippen LogP) is 2.57. The summed E-state index contributed by atoms with van der Waals surface area (Å²) in [5.41, 5.74) is 8.47. The molecule has 4 rings (SSSR count). The molecule has 2 aromatic heterocycles. The molecule has 1 aromatic carbocycles. The molecule has 10 heteroatoms. The number of methoxy groups -OCH3 is 1. The molecule has 1 fully saturated rings. The molecule has 33 heavy (non-hydrogen) atoms. The maximum Gasteiger partial charge on any atom is 0.254 e. The molecule has 0 aliphatic heterocycles. The quantitative estimate of drug-likeness (QED) is 0.441. The second-order valence-electron chi connectivity index (χ2n) is 8.30. The lowest BCUT2D eigenvalue weighted by Gasteiger charge is -2.29. The number of nitrogens with one attached hydrogen (secondary N) is 2. The topological polar surface area (TPSA) is 137 Å². The molecule has 1 unspecified atom stereocenters. The van der Waals surface area contributed by atoms with Gasteiger partial charge in [0.15, 0.2) is 0 Å². The Morgan fingerprint density at radius 3 is 2.58 bits per heavy atom. The van der Waals surface area contributed by atoms with Crippen molar-refractivity contribution in [3.8, 4) is 5.75 Å². The number of amides is 1. The third-order valence-electron chi connectivity index (χ3n) is 5.57. The van der Waals surface area contributed by atoms with Crippen molar-refractivity contribution >= 4 is 28.6 Å².